The molecular formula is C14H17ClN2O. The first-order valence-corrected chi connectivity index (χ1v) is 6.58. The van der Waals surface area contributed by atoms with Crippen LogP contribution in [0.25, 0.3) is 10.9 Å². The van der Waals surface area contributed by atoms with Gasteiger partial charge in [-0.3, -0.25) is 4.79 Å². The number of para-hydroxylation sites is 1. The van der Waals surface area contributed by atoms with Gasteiger partial charge in [-0.2, -0.15) is 0 Å². The van der Waals surface area contributed by atoms with Crippen molar-refractivity contribution in [2.24, 2.45) is 5.92 Å². The summed E-state index contributed by atoms with van der Waals surface area (Å²) in [6, 6.07) is 10.1. The Morgan fingerprint density at radius 2 is 2.11 bits per heavy atom. The van der Waals surface area contributed by atoms with Gasteiger partial charge in [0.05, 0.1) is 6.04 Å². The van der Waals surface area contributed by atoms with Gasteiger partial charge >= 0.3 is 0 Å². The topological polar surface area (TPSA) is 44.9 Å². The second kappa shape index (κ2) is 5.44. The normalized spacial score (nSPS) is 12.9. The van der Waals surface area contributed by atoms with E-state index in [9.17, 15) is 4.79 Å². The molecule has 1 aromatic heterocycles. The summed E-state index contributed by atoms with van der Waals surface area (Å²) in [6.07, 6.45) is 0. The zero-order chi connectivity index (χ0) is 13.1. The largest absolute Gasteiger partial charge is 0.357 e. The van der Waals surface area contributed by atoms with E-state index >= 15 is 0 Å². The van der Waals surface area contributed by atoms with E-state index in [1.807, 2.05) is 18.2 Å². The fourth-order valence-corrected chi connectivity index (χ4v) is 2.16. The van der Waals surface area contributed by atoms with E-state index in [2.05, 4.69) is 36.3 Å². The highest BCUT2D eigenvalue weighted by atomic mass is 35.5. The zero-order valence-electron chi connectivity index (χ0n) is 10.5. The van der Waals surface area contributed by atoms with Gasteiger partial charge in [-0.25, -0.2) is 0 Å². The molecule has 1 heterocycles. The summed E-state index contributed by atoms with van der Waals surface area (Å²) in [7, 11) is 0. The first kappa shape index (κ1) is 13.0. The number of carbonyl (C=O) groups is 1. The second-order valence-electron chi connectivity index (χ2n) is 4.73. The van der Waals surface area contributed by atoms with Gasteiger partial charge in [0.2, 0.25) is 5.91 Å². The molecule has 1 unspecified atom stereocenters. The Morgan fingerprint density at radius 3 is 2.72 bits per heavy atom. The number of carbonyl (C=O) groups excluding carboxylic acids is 1. The fraction of sp³-hybridized carbons (Fsp3) is 0.357. The number of aromatic nitrogens is 1. The van der Waals surface area contributed by atoms with Crippen LogP contribution in [0, 0.1) is 5.92 Å². The summed E-state index contributed by atoms with van der Waals surface area (Å²) in [5, 5.41) is 4.09. The molecule has 0 aliphatic heterocycles. The van der Waals surface area contributed by atoms with Gasteiger partial charge in [0.15, 0.2) is 0 Å². The Labute approximate surface area is 112 Å². The maximum atomic E-state index is 11.5. The molecule has 1 aromatic carbocycles. The summed E-state index contributed by atoms with van der Waals surface area (Å²) in [4.78, 5) is 14.8. The summed E-state index contributed by atoms with van der Waals surface area (Å²) >= 11 is 5.54. The Bertz CT molecular complexity index is 514. The average Bonchev–Trinajstić information content (AvgIpc) is 2.78. The Balaban J connectivity index is 2.32. The molecule has 2 aromatic rings. The standard InChI is InChI=1S/C14H17ClN2O/c1-9(2)14(17-13(18)8-15)12-7-10-5-3-4-6-11(10)16-12/h3-7,9,14,16H,8H2,1-2H3,(H,17,18). The molecule has 3 nitrogen and oxygen atoms in total. The Hall–Kier alpha value is -1.48. The van der Waals surface area contributed by atoms with Gasteiger partial charge in [-0.15, -0.1) is 11.6 Å². The number of alkyl halides is 1. The van der Waals surface area contributed by atoms with Crippen molar-refractivity contribution in [2.45, 2.75) is 19.9 Å². The number of hydrogen-bond acceptors (Lipinski definition) is 1. The van der Waals surface area contributed by atoms with Crippen molar-refractivity contribution in [2.75, 3.05) is 5.88 Å². The van der Waals surface area contributed by atoms with Gasteiger partial charge in [0, 0.05) is 11.2 Å². The van der Waals surface area contributed by atoms with Crippen LogP contribution in [0.1, 0.15) is 25.6 Å². The number of H-pyrrole nitrogens is 1. The third kappa shape index (κ3) is 2.67. The minimum Gasteiger partial charge on any atom is -0.357 e. The van der Waals surface area contributed by atoms with Crippen molar-refractivity contribution in [3.8, 4) is 0 Å². The van der Waals surface area contributed by atoms with Crippen LogP contribution < -0.4 is 5.32 Å². The molecule has 0 saturated carbocycles. The van der Waals surface area contributed by atoms with Crippen LogP contribution >= 0.6 is 11.6 Å². The molecule has 0 saturated heterocycles. The lowest BCUT2D eigenvalue weighted by molar-refractivity contribution is -0.119. The van der Waals surface area contributed by atoms with Crippen LogP contribution in [0.15, 0.2) is 30.3 Å². The highest BCUT2D eigenvalue weighted by Gasteiger charge is 2.19. The molecule has 0 radical (unpaired) electrons. The van der Waals surface area contributed by atoms with Crippen LogP contribution in [-0.4, -0.2) is 16.8 Å². The minimum atomic E-state index is -0.144. The molecule has 1 atom stereocenters. The maximum absolute atomic E-state index is 11.5. The summed E-state index contributed by atoms with van der Waals surface area (Å²) in [6.45, 7) is 4.15. The molecule has 0 fully saturated rings. The molecular weight excluding hydrogens is 248 g/mol. The molecule has 2 N–H and O–H groups in total. The lowest BCUT2D eigenvalue weighted by atomic mass is 10.0. The van der Waals surface area contributed by atoms with E-state index in [0.717, 1.165) is 16.6 Å². The van der Waals surface area contributed by atoms with E-state index in [-0.39, 0.29) is 17.8 Å². The molecule has 1 amide bonds. The number of nitrogens with one attached hydrogen (secondary N) is 2. The van der Waals surface area contributed by atoms with Gasteiger partial charge in [0.1, 0.15) is 5.88 Å². The number of halogens is 1. The monoisotopic (exact) mass is 264 g/mol. The predicted molar refractivity (Wildman–Crippen MR) is 74.7 cm³/mol. The van der Waals surface area contributed by atoms with E-state index in [0.29, 0.717) is 5.92 Å². The molecule has 2 rings (SSSR count). The van der Waals surface area contributed by atoms with Crippen molar-refractivity contribution in [1.82, 2.24) is 10.3 Å². The van der Waals surface area contributed by atoms with E-state index < -0.39 is 0 Å². The summed E-state index contributed by atoms with van der Waals surface area (Å²) in [5.74, 6) is 0.142. The fourth-order valence-electron chi connectivity index (χ4n) is 2.08. The number of hydrogen-bond donors (Lipinski definition) is 2. The van der Waals surface area contributed by atoms with E-state index in [1.165, 1.54) is 0 Å². The minimum absolute atomic E-state index is 0.0105. The van der Waals surface area contributed by atoms with E-state index in [4.69, 9.17) is 11.6 Å². The van der Waals surface area contributed by atoms with Gasteiger partial charge in [0.25, 0.3) is 0 Å². The van der Waals surface area contributed by atoms with E-state index in [1.54, 1.807) is 0 Å². The van der Waals surface area contributed by atoms with Crippen LogP contribution in [0.3, 0.4) is 0 Å². The van der Waals surface area contributed by atoms with Crippen molar-refractivity contribution in [3.05, 3.63) is 36.0 Å². The molecule has 0 bridgehead atoms. The van der Waals surface area contributed by atoms with Crippen molar-refractivity contribution < 1.29 is 4.79 Å². The SMILES string of the molecule is CC(C)C(NC(=O)CCl)c1cc2ccccc2[nH]1. The van der Waals surface area contributed by atoms with Gasteiger partial charge in [-0.1, -0.05) is 32.0 Å². The predicted octanol–water partition coefficient (Wildman–Crippen LogP) is 3.22. The van der Waals surface area contributed by atoms with Crippen molar-refractivity contribution >= 4 is 28.4 Å². The van der Waals surface area contributed by atoms with Crippen molar-refractivity contribution in [3.63, 3.8) is 0 Å². The molecule has 0 aliphatic rings. The third-order valence-corrected chi connectivity index (χ3v) is 3.23. The van der Waals surface area contributed by atoms with Gasteiger partial charge in [-0.05, 0) is 23.4 Å². The highest BCUT2D eigenvalue weighted by molar-refractivity contribution is 6.27. The summed E-state index contributed by atoms with van der Waals surface area (Å²) in [5.41, 5.74) is 2.10. The summed E-state index contributed by atoms with van der Waals surface area (Å²) < 4.78 is 0. The van der Waals surface area contributed by atoms with Crippen LogP contribution in [0.4, 0.5) is 0 Å². The van der Waals surface area contributed by atoms with Crippen LogP contribution in [-0.2, 0) is 4.79 Å². The molecule has 0 aliphatic carbocycles. The Morgan fingerprint density at radius 1 is 1.39 bits per heavy atom. The molecule has 18 heavy (non-hydrogen) atoms. The first-order valence-electron chi connectivity index (χ1n) is 6.05. The molecule has 4 heteroatoms. The third-order valence-electron chi connectivity index (χ3n) is 2.99. The second-order valence-corrected chi connectivity index (χ2v) is 5.00. The van der Waals surface area contributed by atoms with Crippen LogP contribution in [0.2, 0.25) is 0 Å². The molecule has 96 valence electrons. The van der Waals surface area contributed by atoms with Crippen molar-refractivity contribution in [1.29, 1.82) is 0 Å². The average molecular weight is 265 g/mol. The lowest BCUT2D eigenvalue weighted by Crippen LogP contribution is -2.32. The smallest absolute Gasteiger partial charge is 0.235 e. The van der Waals surface area contributed by atoms with Crippen LogP contribution in [0.5, 0.6) is 0 Å². The van der Waals surface area contributed by atoms with Gasteiger partial charge < -0.3 is 10.3 Å². The number of amides is 1. The quantitative estimate of drug-likeness (QED) is 0.819. The number of rotatable bonds is 4. The number of benzene rings is 1. The molecule has 0 spiro atoms. The Kier molecular flexibility index (Phi) is 3.92. The number of aromatic amines is 1. The first-order chi connectivity index (χ1) is 8.61. The highest BCUT2D eigenvalue weighted by Crippen LogP contribution is 2.25. The maximum Gasteiger partial charge on any atom is 0.235 e. The lowest BCUT2D eigenvalue weighted by Gasteiger charge is -2.20. The number of fused-ring (bicyclic) bond motifs is 1. The zero-order valence-corrected chi connectivity index (χ0v) is 11.3.